The molecular weight excluding hydrogens is 306 g/mol. The van der Waals surface area contributed by atoms with Crippen LogP contribution in [0.3, 0.4) is 0 Å². The molecule has 1 aromatic carbocycles. The number of likely N-dealkylation sites (tertiary alicyclic amines) is 1. The number of hydrogen-bond acceptors (Lipinski definition) is 4. The van der Waals surface area contributed by atoms with Crippen LogP contribution in [0, 0.1) is 17.2 Å². The van der Waals surface area contributed by atoms with E-state index in [0.717, 1.165) is 11.3 Å². The van der Waals surface area contributed by atoms with Gasteiger partial charge in [0, 0.05) is 36.7 Å². The van der Waals surface area contributed by atoms with Crippen LogP contribution in [0.1, 0.15) is 12.0 Å². The van der Waals surface area contributed by atoms with E-state index in [1.165, 1.54) is 0 Å². The first-order valence-electron chi connectivity index (χ1n) is 7.75. The van der Waals surface area contributed by atoms with Gasteiger partial charge in [0.25, 0.3) is 5.91 Å². The molecule has 1 unspecified atom stereocenters. The summed E-state index contributed by atoms with van der Waals surface area (Å²) in [5.41, 5.74) is 1.67. The van der Waals surface area contributed by atoms with Crippen molar-refractivity contribution >= 4 is 17.5 Å². The predicted molar refractivity (Wildman–Crippen MR) is 87.5 cm³/mol. The average Bonchev–Trinajstić information content (AvgIpc) is 2.61. The van der Waals surface area contributed by atoms with Crippen LogP contribution in [0.25, 0.3) is 0 Å². The third kappa shape index (κ3) is 3.06. The van der Waals surface area contributed by atoms with E-state index >= 15 is 0 Å². The monoisotopic (exact) mass is 323 g/mol. The Morgan fingerprint density at radius 3 is 3.00 bits per heavy atom. The van der Waals surface area contributed by atoms with Crippen molar-refractivity contribution in [3.63, 3.8) is 0 Å². The van der Waals surface area contributed by atoms with Gasteiger partial charge in [-0.2, -0.15) is 5.26 Å². The number of methoxy groups -OCH3 is 1. The number of amides is 2. The van der Waals surface area contributed by atoms with Gasteiger partial charge in [0.05, 0.1) is 13.5 Å². The molecule has 1 saturated heterocycles. The molecular formula is C18H17N3O3. The van der Waals surface area contributed by atoms with E-state index in [2.05, 4.69) is 4.99 Å². The Labute approximate surface area is 140 Å². The molecule has 3 rings (SSSR count). The van der Waals surface area contributed by atoms with Crippen molar-refractivity contribution in [2.45, 2.75) is 12.8 Å². The topological polar surface area (TPSA) is 82.8 Å². The maximum absolute atomic E-state index is 12.6. The number of aliphatic imine (C=N–C) groups is 1. The number of ether oxygens (including phenoxy) is 1. The zero-order valence-corrected chi connectivity index (χ0v) is 13.4. The van der Waals surface area contributed by atoms with E-state index in [9.17, 15) is 9.59 Å². The molecule has 6 nitrogen and oxygen atoms in total. The molecule has 1 atom stereocenters. The summed E-state index contributed by atoms with van der Waals surface area (Å²) in [6.45, 7) is 0.984. The van der Waals surface area contributed by atoms with Crippen molar-refractivity contribution in [2.75, 3.05) is 20.2 Å². The fourth-order valence-corrected chi connectivity index (χ4v) is 3.06. The van der Waals surface area contributed by atoms with E-state index in [1.54, 1.807) is 18.1 Å². The summed E-state index contributed by atoms with van der Waals surface area (Å²) in [4.78, 5) is 30.0. The second kappa shape index (κ2) is 6.67. The van der Waals surface area contributed by atoms with E-state index in [1.807, 2.05) is 30.3 Å². The van der Waals surface area contributed by atoms with Gasteiger partial charge in [-0.3, -0.25) is 9.59 Å². The summed E-state index contributed by atoms with van der Waals surface area (Å²) in [6.07, 6.45) is 2.45. The smallest absolute Gasteiger partial charge is 0.287 e. The van der Waals surface area contributed by atoms with E-state index in [0.29, 0.717) is 25.3 Å². The van der Waals surface area contributed by atoms with Crippen LogP contribution in [-0.2, 0) is 16.0 Å². The lowest BCUT2D eigenvalue weighted by molar-refractivity contribution is -0.131. The fraction of sp³-hybridized carbons (Fsp3) is 0.333. The maximum atomic E-state index is 12.6. The first kappa shape index (κ1) is 15.9. The van der Waals surface area contributed by atoms with Crippen LogP contribution >= 0.6 is 0 Å². The van der Waals surface area contributed by atoms with Crippen LogP contribution in [0.4, 0.5) is 0 Å². The molecule has 2 amide bonds. The zero-order chi connectivity index (χ0) is 17.1. The largest absolute Gasteiger partial charge is 0.496 e. The SMILES string of the molecule is COc1ccccc1CC(=O)N1CCC2=NC(=O)C(C#N)=CC2C1. The van der Waals surface area contributed by atoms with Gasteiger partial charge in [0.1, 0.15) is 17.4 Å². The lowest BCUT2D eigenvalue weighted by atomic mass is 9.90. The quantitative estimate of drug-likeness (QED) is 0.844. The fourth-order valence-electron chi connectivity index (χ4n) is 3.06. The Balaban J connectivity index is 1.72. The predicted octanol–water partition coefficient (Wildman–Crippen LogP) is 1.52. The molecule has 0 bridgehead atoms. The van der Waals surface area contributed by atoms with Gasteiger partial charge in [-0.25, -0.2) is 4.99 Å². The van der Waals surface area contributed by atoms with Gasteiger partial charge in [0.15, 0.2) is 0 Å². The molecule has 2 aliphatic rings. The molecule has 0 radical (unpaired) electrons. The minimum absolute atomic E-state index is 0.00218. The molecule has 24 heavy (non-hydrogen) atoms. The number of rotatable bonds is 3. The summed E-state index contributed by atoms with van der Waals surface area (Å²) in [5, 5.41) is 8.98. The molecule has 1 aromatic rings. The maximum Gasteiger partial charge on any atom is 0.287 e. The highest BCUT2D eigenvalue weighted by Gasteiger charge is 2.31. The molecule has 0 aromatic heterocycles. The van der Waals surface area contributed by atoms with Crippen LogP contribution in [0.2, 0.25) is 0 Å². The molecule has 2 heterocycles. The van der Waals surface area contributed by atoms with Gasteiger partial charge >= 0.3 is 0 Å². The van der Waals surface area contributed by atoms with E-state index in [4.69, 9.17) is 10.00 Å². The van der Waals surface area contributed by atoms with Crippen molar-refractivity contribution in [3.05, 3.63) is 41.5 Å². The Bertz CT molecular complexity index is 789. The summed E-state index contributed by atoms with van der Waals surface area (Å²) < 4.78 is 5.29. The third-order valence-corrected chi connectivity index (χ3v) is 4.33. The molecule has 0 saturated carbocycles. The summed E-state index contributed by atoms with van der Waals surface area (Å²) in [5.74, 6) is 0.0765. The van der Waals surface area contributed by atoms with Gasteiger partial charge in [-0.05, 0) is 6.07 Å². The number of carbonyl (C=O) groups excluding carboxylic acids is 2. The van der Waals surface area contributed by atoms with Gasteiger partial charge < -0.3 is 9.64 Å². The molecule has 1 fully saturated rings. The number of hydrogen-bond donors (Lipinski definition) is 0. The van der Waals surface area contributed by atoms with Crippen molar-refractivity contribution in [1.29, 1.82) is 5.26 Å². The Hall–Kier alpha value is -2.94. The highest BCUT2D eigenvalue weighted by atomic mass is 16.5. The second-order valence-corrected chi connectivity index (χ2v) is 5.79. The lowest BCUT2D eigenvalue weighted by Crippen LogP contribution is -2.45. The number of dihydropyridines is 1. The Morgan fingerprint density at radius 2 is 2.25 bits per heavy atom. The third-order valence-electron chi connectivity index (χ3n) is 4.33. The average molecular weight is 323 g/mol. The first-order valence-corrected chi connectivity index (χ1v) is 7.75. The number of fused-ring (bicyclic) bond motifs is 1. The van der Waals surface area contributed by atoms with Crippen LogP contribution < -0.4 is 4.74 Å². The van der Waals surface area contributed by atoms with Gasteiger partial charge in [-0.15, -0.1) is 0 Å². The summed E-state index contributed by atoms with van der Waals surface area (Å²) in [6, 6.07) is 9.32. The highest BCUT2D eigenvalue weighted by Crippen LogP contribution is 2.24. The molecule has 0 spiro atoms. The van der Waals surface area contributed by atoms with Crippen molar-refractivity contribution in [3.8, 4) is 11.8 Å². The number of nitrogens with zero attached hydrogens (tertiary/aromatic N) is 3. The normalized spacial score (nSPS) is 19.8. The Morgan fingerprint density at radius 1 is 1.46 bits per heavy atom. The zero-order valence-electron chi connectivity index (χ0n) is 13.4. The van der Waals surface area contributed by atoms with Crippen molar-refractivity contribution in [1.82, 2.24) is 4.90 Å². The van der Waals surface area contributed by atoms with E-state index in [-0.39, 0.29) is 23.8 Å². The first-order chi connectivity index (χ1) is 11.6. The highest BCUT2D eigenvalue weighted by molar-refractivity contribution is 6.10. The second-order valence-electron chi connectivity index (χ2n) is 5.79. The molecule has 122 valence electrons. The Kier molecular flexibility index (Phi) is 4.43. The molecule has 6 heteroatoms. The van der Waals surface area contributed by atoms with Crippen LogP contribution in [-0.4, -0.2) is 42.6 Å². The number of carbonyl (C=O) groups is 2. The number of para-hydroxylation sites is 1. The molecule has 0 aliphatic carbocycles. The minimum Gasteiger partial charge on any atom is -0.496 e. The number of nitriles is 1. The standard InChI is InChI=1S/C18H17N3O3/c1-24-16-5-3-2-4-12(16)9-17(22)21-7-6-15-14(11-21)8-13(10-19)18(23)20-15/h2-5,8,14H,6-7,9,11H2,1H3. The number of benzene rings is 1. The van der Waals surface area contributed by atoms with Crippen molar-refractivity contribution < 1.29 is 14.3 Å². The number of piperidine rings is 1. The lowest BCUT2D eigenvalue weighted by Gasteiger charge is -2.34. The molecule has 0 N–H and O–H groups in total. The van der Waals surface area contributed by atoms with Crippen molar-refractivity contribution in [2.24, 2.45) is 10.9 Å². The van der Waals surface area contributed by atoms with Gasteiger partial charge in [-0.1, -0.05) is 24.3 Å². The minimum atomic E-state index is -0.474. The summed E-state index contributed by atoms with van der Waals surface area (Å²) >= 11 is 0. The summed E-state index contributed by atoms with van der Waals surface area (Å²) in [7, 11) is 1.58. The van der Waals surface area contributed by atoms with Gasteiger partial charge in [0.2, 0.25) is 5.91 Å². The molecule has 2 aliphatic heterocycles. The van der Waals surface area contributed by atoms with Crippen LogP contribution in [0.5, 0.6) is 5.75 Å². The van der Waals surface area contributed by atoms with E-state index < -0.39 is 5.91 Å². The van der Waals surface area contributed by atoms with Crippen LogP contribution in [0.15, 0.2) is 40.9 Å².